The number of sulfone groups is 1. The predicted octanol–water partition coefficient (Wildman–Crippen LogP) is 4.06. The Balaban J connectivity index is 1.87. The lowest BCUT2D eigenvalue weighted by molar-refractivity contribution is 0.0916. The summed E-state index contributed by atoms with van der Waals surface area (Å²) in [6.45, 7) is 3.77. The Morgan fingerprint density at radius 3 is 2.38 bits per heavy atom. The first kappa shape index (κ1) is 25.6. The number of carbonyl (C=O) groups is 1. The Hall–Kier alpha value is -2.99. The number of hydrogen-bond acceptors (Lipinski definition) is 9. The van der Waals surface area contributed by atoms with Crippen LogP contribution in [0.2, 0.25) is 0 Å². The summed E-state index contributed by atoms with van der Waals surface area (Å²) >= 11 is 1.20. The zero-order valence-electron chi connectivity index (χ0n) is 19.1. The lowest BCUT2D eigenvalue weighted by atomic mass is 10.2. The highest BCUT2D eigenvalue weighted by Gasteiger charge is 2.16. The van der Waals surface area contributed by atoms with Gasteiger partial charge in [0.1, 0.15) is 23.4 Å². The van der Waals surface area contributed by atoms with E-state index >= 15 is 0 Å². The minimum absolute atomic E-state index is 0.172. The summed E-state index contributed by atoms with van der Waals surface area (Å²) in [7, 11) is -1.77. The van der Waals surface area contributed by atoms with E-state index in [1.807, 2.05) is 6.92 Å². The molecule has 2 N–H and O–H groups in total. The van der Waals surface area contributed by atoms with E-state index in [1.54, 1.807) is 31.5 Å². The second kappa shape index (κ2) is 11.0. The van der Waals surface area contributed by atoms with E-state index in [0.29, 0.717) is 34.7 Å². The number of aliphatic hydroxyl groups is 1. The molecule has 0 saturated heterocycles. The van der Waals surface area contributed by atoms with Gasteiger partial charge in [0.25, 0.3) is 5.91 Å². The Kier molecular flexibility index (Phi) is 8.26. The maximum absolute atomic E-state index is 12.9. The monoisotopic (exact) mass is 506 g/mol. The molecule has 1 aromatic heterocycles. The van der Waals surface area contributed by atoms with Crippen LogP contribution in [0.25, 0.3) is 0 Å². The second-order valence-electron chi connectivity index (χ2n) is 7.63. The van der Waals surface area contributed by atoms with E-state index in [4.69, 9.17) is 14.2 Å². The summed E-state index contributed by atoms with van der Waals surface area (Å²) in [5, 5.41) is 14.4. The highest BCUT2D eigenvalue weighted by Crippen LogP contribution is 2.30. The molecule has 0 aliphatic heterocycles. The Morgan fingerprint density at radius 2 is 1.79 bits per heavy atom. The van der Waals surface area contributed by atoms with Crippen LogP contribution < -0.4 is 14.8 Å². The van der Waals surface area contributed by atoms with Gasteiger partial charge in [-0.2, -0.15) is 0 Å². The fourth-order valence-corrected chi connectivity index (χ4v) is 4.35. The number of benzene rings is 2. The molecule has 3 aromatic rings. The van der Waals surface area contributed by atoms with Crippen molar-refractivity contribution in [3.8, 4) is 17.2 Å². The standard InChI is InChI=1S/C23H26N2O7S2/c1-14(12-30-3)31-18-9-16(22(27)25-23-24-21(13-33-23)15(2)26)10-19(11-18)32-17-5-7-20(8-6-17)34(4,28)29/h5-11,13-15,26H,12H2,1-4H3,(H,24,25,27)/t14-,15?/m0/s1. The fourth-order valence-electron chi connectivity index (χ4n) is 2.93. The van der Waals surface area contributed by atoms with Crippen LogP contribution in [0.3, 0.4) is 0 Å². The first-order chi connectivity index (χ1) is 16.0. The number of aromatic nitrogens is 1. The molecule has 11 heteroatoms. The van der Waals surface area contributed by atoms with Gasteiger partial charge in [0, 0.05) is 30.4 Å². The molecule has 2 atom stereocenters. The topological polar surface area (TPSA) is 124 Å². The molecule has 0 radical (unpaired) electrons. The van der Waals surface area contributed by atoms with Crippen molar-refractivity contribution in [2.75, 3.05) is 25.3 Å². The maximum atomic E-state index is 12.9. The third-order valence-corrected chi connectivity index (χ3v) is 6.44. The van der Waals surface area contributed by atoms with E-state index in [2.05, 4.69) is 10.3 Å². The Morgan fingerprint density at radius 1 is 1.12 bits per heavy atom. The number of nitrogens with one attached hydrogen (secondary N) is 1. The molecule has 34 heavy (non-hydrogen) atoms. The number of hydrogen-bond donors (Lipinski definition) is 2. The number of nitrogens with zero attached hydrogens (tertiary/aromatic N) is 1. The van der Waals surface area contributed by atoms with Crippen molar-refractivity contribution in [3.63, 3.8) is 0 Å². The van der Waals surface area contributed by atoms with Crippen molar-refractivity contribution >= 4 is 32.2 Å². The van der Waals surface area contributed by atoms with Crippen LogP contribution in [0.5, 0.6) is 17.2 Å². The van der Waals surface area contributed by atoms with Crippen molar-refractivity contribution in [2.24, 2.45) is 0 Å². The zero-order chi connectivity index (χ0) is 24.9. The molecule has 1 unspecified atom stereocenters. The van der Waals surface area contributed by atoms with Gasteiger partial charge >= 0.3 is 0 Å². The third-order valence-electron chi connectivity index (χ3n) is 4.54. The molecule has 9 nitrogen and oxygen atoms in total. The van der Waals surface area contributed by atoms with Crippen LogP contribution in [0, 0.1) is 0 Å². The number of ether oxygens (including phenoxy) is 3. The average molecular weight is 507 g/mol. The fraction of sp³-hybridized carbons (Fsp3) is 0.304. The molecule has 182 valence electrons. The smallest absolute Gasteiger partial charge is 0.257 e. The van der Waals surface area contributed by atoms with Crippen LogP contribution >= 0.6 is 11.3 Å². The molecule has 0 spiro atoms. The molecule has 0 fully saturated rings. The normalized spacial score (nSPS) is 13.2. The molecule has 3 rings (SSSR count). The minimum atomic E-state index is -3.33. The van der Waals surface area contributed by atoms with Gasteiger partial charge in [-0.15, -0.1) is 11.3 Å². The first-order valence-electron chi connectivity index (χ1n) is 10.3. The summed E-state index contributed by atoms with van der Waals surface area (Å²) in [5.74, 6) is 0.669. The SMILES string of the molecule is COC[C@H](C)Oc1cc(Oc2ccc(S(C)(=O)=O)cc2)cc(C(=O)Nc2nc(C(C)O)cs2)c1. The summed E-state index contributed by atoms with van der Waals surface area (Å²) in [6.07, 6.45) is 0.107. The molecular formula is C23H26N2O7S2. The Bertz CT molecular complexity index is 1240. The second-order valence-corrected chi connectivity index (χ2v) is 10.5. The van der Waals surface area contributed by atoms with E-state index in [1.165, 1.54) is 41.7 Å². The quantitative estimate of drug-likeness (QED) is 0.422. The van der Waals surface area contributed by atoms with Gasteiger partial charge in [0.15, 0.2) is 15.0 Å². The van der Waals surface area contributed by atoms with Crippen molar-refractivity contribution < 1.29 is 32.5 Å². The highest BCUT2D eigenvalue weighted by molar-refractivity contribution is 7.90. The summed E-state index contributed by atoms with van der Waals surface area (Å²) in [4.78, 5) is 17.3. The minimum Gasteiger partial charge on any atom is -0.488 e. The van der Waals surface area contributed by atoms with E-state index in [9.17, 15) is 18.3 Å². The lowest BCUT2D eigenvalue weighted by Gasteiger charge is -2.16. The van der Waals surface area contributed by atoms with Gasteiger partial charge in [-0.25, -0.2) is 13.4 Å². The van der Waals surface area contributed by atoms with Gasteiger partial charge in [-0.3, -0.25) is 10.1 Å². The first-order valence-corrected chi connectivity index (χ1v) is 13.1. The number of aliphatic hydroxyl groups excluding tert-OH is 1. The molecule has 1 amide bonds. The summed E-state index contributed by atoms with van der Waals surface area (Å²) < 4.78 is 40.2. The van der Waals surface area contributed by atoms with E-state index in [0.717, 1.165) is 6.26 Å². The van der Waals surface area contributed by atoms with Gasteiger partial charge in [0.2, 0.25) is 0 Å². The lowest BCUT2D eigenvalue weighted by Crippen LogP contribution is -2.18. The third kappa shape index (κ3) is 7.00. The molecule has 0 bridgehead atoms. The molecule has 0 aliphatic carbocycles. The van der Waals surface area contributed by atoms with E-state index < -0.39 is 21.8 Å². The predicted molar refractivity (Wildman–Crippen MR) is 129 cm³/mol. The number of rotatable bonds is 10. The van der Waals surface area contributed by atoms with Crippen LogP contribution in [0.4, 0.5) is 5.13 Å². The van der Waals surface area contributed by atoms with Crippen LogP contribution in [-0.4, -0.2) is 50.5 Å². The average Bonchev–Trinajstić information content (AvgIpc) is 3.22. The number of thiazole rings is 1. The largest absolute Gasteiger partial charge is 0.488 e. The highest BCUT2D eigenvalue weighted by atomic mass is 32.2. The Labute approximate surface area is 202 Å². The maximum Gasteiger partial charge on any atom is 0.257 e. The summed E-state index contributed by atoms with van der Waals surface area (Å²) in [6, 6.07) is 10.7. The van der Waals surface area contributed by atoms with Gasteiger partial charge in [0.05, 0.1) is 23.3 Å². The summed E-state index contributed by atoms with van der Waals surface area (Å²) in [5.41, 5.74) is 0.728. The van der Waals surface area contributed by atoms with Crippen molar-refractivity contribution in [2.45, 2.75) is 31.0 Å². The van der Waals surface area contributed by atoms with Crippen LogP contribution in [0.1, 0.15) is 36.0 Å². The molecule has 1 heterocycles. The van der Waals surface area contributed by atoms with Crippen molar-refractivity contribution in [1.29, 1.82) is 0 Å². The van der Waals surface area contributed by atoms with E-state index in [-0.39, 0.29) is 16.6 Å². The van der Waals surface area contributed by atoms with Crippen molar-refractivity contribution in [1.82, 2.24) is 4.98 Å². The van der Waals surface area contributed by atoms with Crippen molar-refractivity contribution in [3.05, 3.63) is 59.1 Å². The van der Waals surface area contributed by atoms with Crippen LogP contribution in [0.15, 0.2) is 52.7 Å². The molecular weight excluding hydrogens is 480 g/mol. The number of carbonyl (C=O) groups excluding carboxylic acids is 1. The molecule has 0 aliphatic rings. The zero-order valence-corrected chi connectivity index (χ0v) is 20.8. The number of methoxy groups -OCH3 is 1. The van der Waals surface area contributed by atoms with Gasteiger partial charge < -0.3 is 19.3 Å². The van der Waals surface area contributed by atoms with Gasteiger partial charge in [-0.1, -0.05) is 0 Å². The number of amides is 1. The molecule has 2 aromatic carbocycles. The van der Waals surface area contributed by atoms with Crippen LogP contribution in [-0.2, 0) is 14.6 Å². The molecule has 0 saturated carbocycles. The van der Waals surface area contributed by atoms with Gasteiger partial charge in [-0.05, 0) is 50.2 Å². The number of anilines is 1.